The van der Waals surface area contributed by atoms with E-state index in [1.54, 1.807) is 30.3 Å². The Morgan fingerprint density at radius 2 is 1.59 bits per heavy atom. The highest BCUT2D eigenvalue weighted by molar-refractivity contribution is 7.92. The third-order valence-corrected chi connectivity index (χ3v) is 6.57. The molecule has 1 amide bonds. The summed E-state index contributed by atoms with van der Waals surface area (Å²) in [7, 11) is -3.55. The molecule has 180 valence electrons. The van der Waals surface area contributed by atoms with Crippen LogP contribution >= 0.6 is 0 Å². The van der Waals surface area contributed by atoms with Crippen LogP contribution in [0.2, 0.25) is 0 Å². The Morgan fingerprint density at radius 1 is 0.912 bits per heavy atom. The van der Waals surface area contributed by atoms with Crippen LogP contribution in [0.25, 0.3) is 0 Å². The zero-order valence-corrected chi connectivity index (χ0v) is 19.8. The maximum absolute atomic E-state index is 12.9. The van der Waals surface area contributed by atoms with Crippen molar-refractivity contribution in [2.24, 2.45) is 0 Å². The van der Waals surface area contributed by atoms with Gasteiger partial charge in [0.1, 0.15) is 0 Å². The van der Waals surface area contributed by atoms with Crippen molar-refractivity contribution in [1.29, 1.82) is 0 Å². The average Bonchev–Trinajstić information content (AvgIpc) is 2.77. The van der Waals surface area contributed by atoms with Gasteiger partial charge in [-0.05, 0) is 72.5 Å². The van der Waals surface area contributed by atoms with Crippen LogP contribution < -0.4 is 9.62 Å². The molecule has 0 spiro atoms. The molecule has 0 atom stereocenters. The molecule has 3 aromatic rings. The Hall–Kier alpha value is -3.33. The number of nitrogens with one attached hydrogen (secondary N) is 1. The predicted molar refractivity (Wildman–Crippen MR) is 126 cm³/mol. The molecule has 0 bridgehead atoms. The summed E-state index contributed by atoms with van der Waals surface area (Å²) in [5.74, 6) is -0.446. The maximum Gasteiger partial charge on any atom is 0.416 e. The molecule has 9 heteroatoms. The molecule has 0 saturated carbocycles. The fourth-order valence-corrected chi connectivity index (χ4v) is 4.23. The number of aryl methyl sites for hydroxylation is 2. The van der Waals surface area contributed by atoms with Gasteiger partial charge >= 0.3 is 6.18 Å². The predicted octanol–water partition coefficient (Wildman–Crippen LogP) is 5.22. The van der Waals surface area contributed by atoms with Crippen LogP contribution in [0.5, 0.6) is 0 Å². The number of anilines is 1. The number of nitrogens with zero attached hydrogens (tertiary/aromatic N) is 1. The fraction of sp³-hybridized carbons (Fsp3) is 0.240. The zero-order chi connectivity index (χ0) is 25.1. The second kappa shape index (κ2) is 9.89. The number of carbonyl (C=O) groups is 1. The molecule has 0 radical (unpaired) electrons. The van der Waals surface area contributed by atoms with Crippen LogP contribution in [0, 0.1) is 13.8 Å². The van der Waals surface area contributed by atoms with Gasteiger partial charge in [-0.2, -0.15) is 13.2 Å². The van der Waals surface area contributed by atoms with Gasteiger partial charge in [0.2, 0.25) is 10.0 Å². The molecule has 3 aromatic carbocycles. The van der Waals surface area contributed by atoms with Gasteiger partial charge in [0.05, 0.1) is 24.1 Å². The summed E-state index contributed by atoms with van der Waals surface area (Å²) in [6.45, 7) is 3.89. The van der Waals surface area contributed by atoms with E-state index < -0.39 is 27.7 Å². The van der Waals surface area contributed by atoms with Gasteiger partial charge in [0, 0.05) is 12.1 Å². The summed E-state index contributed by atoms with van der Waals surface area (Å²) in [4.78, 5) is 12.4. The highest BCUT2D eigenvalue weighted by atomic mass is 32.2. The minimum atomic E-state index is -4.45. The summed E-state index contributed by atoms with van der Waals surface area (Å²) in [6, 6.07) is 16.6. The first-order chi connectivity index (χ1) is 15.8. The molecule has 0 aliphatic carbocycles. The number of amides is 1. The number of carbonyl (C=O) groups excluding carboxylic acids is 1. The highest BCUT2D eigenvalue weighted by Crippen LogP contribution is 2.29. The van der Waals surface area contributed by atoms with Crippen LogP contribution in [-0.2, 0) is 29.3 Å². The number of halogens is 3. The molecule has 0 aliphatic rings. The molecule has 0 fully saturated rings. The smallest absolute Gasteiger partial charge is 0.348 e. The standard InChI is InChI=1S/C25H25F3N2O3S/c1-17-7-12-23(13-18(17)2)30(34(3,32)33)16-19-8-10-21(11-9-19)24(31)29-15-20-5-4-6-22(14-20)25(26,27)28/h4-14H,15-16H2,1-3H3,(H,29,31). The highest BCUT2D eigenvalue weighted by Gasteiger charge is 2.30. The van der Waals surface area contributed by atoms with Crippen molar-refractivity contribution in [2.45, 2.75) is 33.1 Å². The third kappa shape index (κ3) is 6.38. The SMILES string of the molecule is Cc1ccc(N(Cc2ccc(C(=O)NCc3cccc(C(F)(F)F)c3)cc2)S(C)(=O)=O)cc1C. The first-order valence-electron chi connectivity index (χ1n) is 10.4. The first kappa shape index (κ1) is 25.3. The van der Waals surface area contributed by atoms with Gasteiger partial charge < -0.3 is 5.32 Å². The number of sulfonamides is 1. The van der Waals surface area contributed by atoms with Crippen molar-refractivity contribution in [2.75, 3.05) is 10.6 Å². The van der Waals surface area contributed by atoms with E-state index in [9.17, 15) is 26.4 Å². The second-order valence-electron chi connectivity index (χ2n) is 8.12. The first-order valence-corrected chi connectivity index (χ1v) is 12.3. The Kier molecular flexibility index (Phi) is 7.35. The topological polar surface area (TPSA) is 66.5 Å². The molecule has 0 aromatic heterocycles. The quantitative estimate of drug-likeness (QED) is 0.494. The number of alkyl halides is 3. The van der Waals surface area contributed by atoms with Crippen LogP contribution in [-0.4, -0.2) is 20.6 Å². The van der Waals surface area contributed by atoms with Crippen LogP contribution in [0.15, 0.2) is 66.7 Å². The van der Waals surface area contributed by atoms with Gasteiger partial charge in [-0.15, -0.1) is 0 Å². The summed E-state index contributed by atoms with van der Waals surface area (Å²) >= 11 is 0. The lowest BCUT2D eigenvalue weighted by Gasteiger charge is -2.23. The van der Waals surface area contributed by atoms with E-state index in [1.165, 1.54) is 16.4 Å². The molecular weight excluding hydrogens is 465 g/mol. The number of benzene rings is 3. The Morgan fingerprint density at radius 3 is 2.18 bits per heavy atom. The van der Waals surface area contributed by atoms with E-state index in [-0.39, 0.29) is 13.1 Å². The summed E-state index contributed by atoms with van der Waals surface area (Å²) in [6.07, 6.45) is -3.31. The number of rotatable bonds is 7. The summed E-state index contributed by atoms with van der Waals surface area (Å²) in [5.41, 5.74) is 3.12. The molecule has 0 unspecified atom stereocenters. The molecule has 0 saturated heterocycles. The monoisotopic (exact) mass is 490 g/mol. The van der Waals surface area contributed by atoms with Crippen molar-refractivity contribution < 1.29 is 26.4 Å². The van der Waals surface area contributed by atoms with Crippen molar-refractivity contribution in [3.05, 3.63) is 100 Å². The molecular formula is C25H25F3N2O3S. The van der Waals surface area contributed by atoms with Crippen LogP contribution in [0.1, 0.15) is 38.2 Å². The van der Waals surface area contributed by atoms with Crippen molar-refractivity contribution >= 4 is 21.6 Å². The molecule has 34 heavy (non-hydrogen) atoms. The molecule has 0 heterocycles. The van der Waals surface area contributed by atoms with Crippen LogP contribution in [0.4, 0.5) is 18.9 Å². The van der Waals surface area contributed by atoms with E-state index in [0.29, 0.717) is 22.4 Å². The van der Waals surface area contributed by atoms with Gasteiger partial charge in [0.25, 0.3) is 5.91 Å². The number of hydrogen-bond acceptors (Lipinski definition) is 3. The normalized spacial score (nSPS) is 11.8. The summed E-state index contributed by atoms with van der Waals surface area (Å²) < 4.78 is 64.7. The average molecular weight is 491 g/mol. The Labute approximate surface area is 197 Å². The lowest BCUT2D eigenvalue weighted by atomic mass is 10.1. The molecule has 1 N–H and O–H groups in total. The lowest BCUT2D eigenvalue weighted by Crippen LogP contribution is -2.29. The van der Waals surface area contributed by atoms with E-state index >= 15 is 0 Å². The fourth-order valence-electron chi connectivity index (χ4n) is 3.35. The Bertz CT molecular complexity index is 1290. The van der Waals surface area contributed by atoms with Gasteiger partial charge in [-0.3, -0.25) is 9.10 Å². The van der Waals surface area contributed by atoms with Gasteiger partial charge in [-0.1, -0.05) is 30.3 Å². The lowest BCUT2D eigenvalue weighted by molar-refractivity contribution is -0.137. The molecule has 5 nitrogen and oxygen atoms in total. The second-order valence-corrected chi connectivity index (χ2v) is 10.0. The van der Waals surface area contributed by atoms with Crippen molar-refractivity contribution in [3.8, 4) is 0 Å². The van der Waals surface area contributed by atoms with E-state index in [0.717, 1.165) is 29.5 Å². The molecule has 0 aliphatic heterocycles. The number of hydrogen-bond donors (Lipinski definition) is 1. The Balaban J connectivity index is 1.70. The third-order valence-electron chi connectivity index (χ3n) is 5.43. The van der Waals surface area contributed by atoms with E-state index in [2.05, 4.69) is 5.32 Å². The largest absolute Gasteiger partial charge is 0.416 e. The van der Waals surface area contributed by atoms with E-state index in [1.807, 2.05) is 26.0 Å². The minimum Gasteiger partial charge on any atom is -0.348 e. The minimum absolute atomic E-state index is 0.0564. The summed E-state index contributed by atoms with van der Waals surface area (Å²) in [5, 5.41) is 2.60. The van der Waals surface area contributed by atoms with Gasteiger partial charge in [-0.25, -0.2) is 8.42 Å². The van der Waals surface area contributed by atoms with Crippen molar-refractivity contribution in [1.82, 2.24) is 5.32 Å². The zero-order valence-electron chi connectivity index (χ0n) is 19.0. The van der Waals surface area contributed by atoms with E-state index in [4.69, 9.17) is 0 Å². The van der Waals surface area contributed by atoms with Crippen molar-refractivity contribution in [3.63, 3.8) is 0 Å². The van der Waals surface area contributed by atoms with Gasteiger partial charge in [0.15, 0.2) is 0 Å². The molecule has 3 rings (SSSR count). The van der Waals surface area contributed by atoms with Crippen LogP contribution in [0.3, 0.4) is 0 Å². The maximum atomic E-state index is 12.9.